The highest BCUT2D eigenvalue weighted by Crippen LogP contribution is 2.44. The summed E-state index contributed by atoms with van der Waals surface area (Å²) in [6.45, 7) is 1.70. The fraction of sp³-hybridized carbons (Fsp3) is 0.0870. The van der Waals surface area contributed by atoms with E-state index in [1.54, 1.807) is 55.5 Å². The van der Waals surface area contributed by atoms with Crippen LogP contribution in [0.2, 0.25) is 5.02 Å². The normalized spacial score (nSPS) is 16.3. The van der Waals surface area contributed by atoms with E-state index in [0.717, 1.165) is 10.2 Å². The van der Waals surface area contributed by atoms with Gasteiger partial charge in [0.05, 0.1) is 21.8 Å². The van der Waals surface area contributed by atoms with E-state index in [-0.39, 0.29) is 11.3 Å². The Bertz CT molecular complexity index is 1460. The summed E-state index contributed by atoms with van der Waals surface area (Å²) in [6.07, 6.45) is 0. The van der Waals surface area contributed by atoms with Crippen molar-refractivity contribution < 1.29 is 29.8 Å². The van der Waals surface area contributed by atoms with Crippen LogP contribution in [0.1, 0.15) is 27.9 Å². The molecule has 0 saturated carbocycles. The Kier molecular flexibility index (Phi) is 5.26. The summed E-state index contributed by atoms with van der Waals surface area (Å²) in [5.41, 5.74) is 2.42. The van der Waals surface area contributed by atoms with Crippen LogP contribution in [0.5, 0.6) is 0 Å². The largest absolute Gasteiger partial charge is 0.503 e. The van der Waals surface area contributed by atoms with Gasteiger partial charge in [-0.25, -0.2) is 10.2 Å². The van der Waals surface area contributed by atoms with Crippen molar-refractivity contribution in [3.63, 3.8) is 0 Å². The highest BCUT2D eigenvalue weighted by molar-refractivity contribution is 7.22. The maximum Gasteiger partial charge on any atom is 0.296 e. The van der Waals surface area contributed by atoms with E-state index in [2.05, 4.69) is 4.98 Å². The molecule has 33 heavy (non-hydrogen) atoms. The van der Waals surface area contributed by atoms with Crippen molar-refractivity contribution in [1.82, 2.24) is 4.98 Å². The lowest BCUT2D eigenvalue weighted by Gasteiger charge is -2.24. The number of ketones is 1. The molecular formula is C23H17ClN3O5S+. The summed E-state index contributed by atoms with van der Waals surface area (Å²) < 4.78 is 6.23. The Morgan fingerprint density at radius 3 is 2.76 bits per heavy atom. The second-order valence-corrected chi connectivity index (χ2v) is 8.93. The van der Waals surface area contributed by atoms with Crippen LogP contribution in [0, 0.1) is 6.92 Å². The number of benzene rings is 2. The van der Waals surface area contributed by atoms with Gasteiger partial charge in [0.15, 0.2) is 22.3 Å². The van der Waals surface area contributed by atoms with Crippen LogP contribution >= 0.6 is 22.9 Å². The fourth-order valence-electron chi connectivity index (χ4n) is 3.84. The van der Waals surface area contributed by atoms with E-state index in [0.29, 0.717) is 32.7 Å². The molecule has 0 radical (unpaired) electrons. The van der Waals surface area contributed by atoms with Crippen molar-refractivity contribution in [2.24, 2.45) is 0 Å². The van der Waals surface area contributed by atoms with Gasteiger partial charge in [0.1, 0.15) is 5.76 Å². The Morgan fingerprint density at radius 2 is 2.03 bits per heavy atom. The molecule has 4 aromatic rings. The Hall–Kier alpha value is -3.50. The molecule has 166 valence electrons. The number of amides is 1. The number of fused-ring (bicyclic) bond motifs is 1. The van der Waals surface area contributed by atoms with Gasteiger partial charge in [-0.3, -0.25) is 14.5 Å². The number of carbonyl (C=O) groups excluding carboxylic acids is 2. The monoisotopic (exact) mass is 482 g/mol. The van der Waals surface area contributed by atoms with Gasteiger partial charge in [-0.1, -0.05) is 35.1 Å². The number of hydrogen-bond acceptors (Lipinski definition) is 7. The second kappa shape index (κ2) is 8.13. The van der Waals surface area contributed by atoms with Gasteiger partial charge >= 0.3 is 0 Å². The van der Waals surface area contributed by atoms with E-state index in [9.17, 15) is 19.9 Å². The minimum atomic E-state index is -0.980. The minimum Gasteiger partial charge on any atom is -0.503 e. The van der Waals surface area contributed by atoms with Gasteiger partial charge in [-0.15, -0.1) is 0 Å². The molecular weight excluding hydrogens is 466 g/mol. The molecule has 0 fully saturated rings. The third-order valence-corrected chi connectivity index (χ3v) is 6.59. The molecule has 2 aromatic heterocycles. The third-order valence-electron chi connectivity index (χ3n) is 5.34. The first-order valence-electron chi connectivity index (χ1n) is 9.88. The van der Waals surface area contributed by atoms with Crippen LogP contribution in [0.25, 0.3) is 10.2 Å². The van der Waals surface area contributed by atoms with Gasteiger partial charge in [0.25, 0.3) is 5.91 Å². The first-order chi connectivity index (χ1) is 15.9. The molecule has 4 N–H and O–H groups in total. The standard InChI is InChI=1S/C23H16ClN3O5S/c1-11-5-8-16(32-11)20(28)18-19(12-3-2-4-14(9-12)26-31)27(22(30)21(18)29)23-25-15-7-6-13(24)10-17(15)33-23/h2-10,19,26,29,31H,1H3/p+1. The number of aliphatic hydroxyl groups excluding tert-OH is 1. The first kappa shape index (κ1) is 21.4. The van der Waals surface area contributed by atoms with E-state index in [1.807, 2.05) is 0 Å². The van der Waals surface area contributed by atoms with E-state index >= 15 is 0 Å². The number of aliphatic hydroxyl groups is 1. The van der Waals surface area contributed by atoms with E-state index in [1.165, 1.54) is 22.3 Å². The molecule has 0 aliphatic carbocycles. The predicted molar refractivity (Wildman–Crippen MR) is 122 cm³/mol. The molecule has 1 unspecified atom stereocenters. The highest BCUT2D eigenvalue weighted by Gasteiger charge is 2.46. The fourth-order valence-corrected chi connectivity index (χ4v) is 5.11. The van der Waals surface area contributed by atoms with Crippen molar-refractivity contribution >= 4 is 55.7 Å². The number of hydrogen-bond donors (Lipinski definition) is 3. The second-order valence-electron chi connectivity index (χ2n) is 7.49. The van der Waals surface area contributed by atoms with E-state index < -0.39 is 23.5 Å². The molecule has 10 heteroatoms. The number of nitrogens with zero attached hydrogens (tertiary/aromatic N) is 2. The van der Waals surface area contributed by atoms with Crippen molar-refractivity contribution in [1.29, 1.82) is 0 Å². The summed E-state index contributed by atoms with van der Waals surface area (Å²) in [5.74, 6) is -1.50. The number of furan rings is 1. The maximum absolute atomic E-state index is 13.4. The number of thiazole rings is 1. The number of aromatic nitrogens is 1. The van der Waals surface area contributed by atoms with Crippen LogP contribution in [-0.4, -0.2) is 27.0 Å². The molecule has 1 aliphatic heterocycles. The van der Waals surface area contributed by atoms with Crippen molar-refractivity contribution in [3.05, 3.63) is 88.0 Å². The number of anilines is 1. The lowest BCUT2D eigenvalue weighted by atomic mass is 9.95. The van der Waals surface area contributed by atoms with Crippen molar-refractivity contribution in [3.8, 4) is 0 Å². The number of quaternary nitrogens is 1. The molecule has 1 aliphatic rings. The molecule has 0 spiro atoms. The number of halogens is 1. The molecule has 3 heterocycles. The smallest absolute Gasteiger partial charge is 0.296 e. The number of carbonyl (C=O) groups is 2. The predicted octanol–water partition coefficient (Wildman–Crippen LogP) is 4.22. The van der Waals surface area contributed by atoms with E-state index in [4.69, 9.17) is 16.0 Å². The zero-order valence-electron chi connectivity index (χ0n) is 17.2. The molecule has 2 aromatic carbocycles. The van der Waals surface area contributed by atoms with Gasteiger partial charge in [0.2, 0.25) is 5.78 Å². The van der Waals surface area contributed by atoms with Crippen LogP contribution in [0.15, 0.2) is 70.3 Å². The van der Waals surface area contributed by atoms with Crippen molar-refractivity contribution in [2.75, 3.05) is 4.90 Å². The van der Waals surface area contributed by atoms with Crippen molar-refractivity contribution in [2.45, 2.75) is 13.0 Å². The third kappa shape index (κ3) is 3.61. The average molecular weight is 483 g/mol. The summed E-state index contributed by atoms with van der Waals surface area (Å²) >= 11 is 7.32. The Balaban J connectivity index is 1.69. The molecule has 0 saturated heterocycles. The summed E-state index contributed by atoms with van der Waals surface area (Å²) in [6, 6.07) is 14.0. The molecule has 1 atom stereocenters. The number of nitrogens with two attached hydrogens (primary N) is 1. The topological polar surface area (TPSA) is 120 Å². The molecule has 5 rings (SSSR count). The zero-order chi connectivity index (χ0) is 23.3. The number of Topliss-reactive ketones (excluding diaryl/α,β-unsaturated/α-hetero) is 1. The Morgan fingerprint density at radius 1 is 1.21 bits per heavy atom. The highest BCUT2D eigenvalue weighted by atomic mass is 35.5. The lowest BCUT2D eigenvalue weighted by Crippen LogP contribution is -2.73. The summed E-state index contributed by atoms with van der Waals surface area (Å²) in [5, 5.41) is 21.1. The Labute approximate surface area is 196 Å². The zero-order valence-corrected chi connectivity index (χ0v) is 18.7. The first-order valence-corrected chi connectivity index (χ1v) is 11.1. The van der Waals surface area contributed by atoms with Gasteiger partial charge < -0.3 is 9.52 Å². The summed E-state index contributed by atoms with van der Waals surface area (Å²) in [7, 11) is 0. The molecule has 8 nitrogen and oxygen atoms in total. The number of aryl methyl sites for hydroxylation is 1. The minimum absolute atomic E-state index is 0.00894. The molecule has 1 amide bonds. The lowest BCUT2D eigenvalue weighted by molar-refractivity contribution is -0.825. The number of rotatable bonds is 5. The molecule has 0 bridgehead atoms. The van der Waals surface area contributed by atoms with Crippen LogP contribution in [0.4, 0.5) is 10.8 Å². The van der Waals surface area contributed by atoms with Gasteiger partial charge in [-0.2, -0.15) is 5.48 Å². The van der Waals surface area contributed by atoms with Crippen LogP contribution in [0.3, 0.4) is 0 Å². The van der Waals surface area contributed by atoms with Crippen LogP contribution in [-0.2, 0) is 4.79 Å². The quantitative estimate of drug-likeness (QED) is 0.222. The van der Waals surface area contributed by atoms with Gasteiger partial charge in [-0.05, 0) is 42.8 Å². The average Bonchev–Trinajstić information content (AvgIpc) is 3.49. The SMILES string of the molecule is Cc1ccc(C(=O)C2=C(O)C(=O)N(c3nc4ccc(Cl)cc4s3)C2c2cccc([NH2+]O)c2)o1. The summed E-state index contributed by atoms with van der Waals surface area (Å²) in [4.78, 5) is 32.5. The van der Waals surface area contributed by atoms with Gasteiger partial charge in [0, 0.05) is 17.2 Å². The van der Waals surface area contributed by atoms with Crippen LogP contribution < -0.4 is 10.4 Å². The maximum atomic E-state index is 13.4.